The first kappa shape index (κ1) is 23.0. The van der Waals surface area contributed by atoms with Gasteiger partial charge in [-0.25, -0.2) is 0 Å². The highest BCUT2D eigenvalue weighted by Gasteiger charge is 2.16. The van der Waals surface area contributed by atoms with E-state index in [1.807, 2.05) is 6.07 Å². The van der Waals surface area contributed by atoms with Crippen LogP contribution in [0.15, 0.2) is 59.6 Å². The molecule has 1 amide bonds. The van der Waals surface area contributed by atoms with Crippen LogP contribution >= 0.6 is 24.0 Å². The second-order valence-electron chi connectivity index (χ2n) is 7.06. The van der Waals surface area contributed by atoms with Crippen molar-refractivity contribution in [3.8, 4) is 0 Å². The molecule has 29 heavy (non-hydrogen) atoms. The summed E-state index contributed by atoms with van der Waals surface area (Å²) >= 11 is 0. The van der Waals surface area contributed by atoms with Gasteiger partial charge in [0.1, 0.15) is 0 Å². The number of halogens is 1. The van der Waals surface area contributed by atoms with Gasteiger partial charge in [0.25, 0.3) is 0 Å². The molecular formula is C22H30IN5O. The second kappa shape index (κ2) is 11.6. The Kier molecular flexibility index (Phi) is 9.24. The minimum atomic E-state index is 0. The summed E-state index contributed by atoms with van der Waals surface area (Å²) in [6.45, 7) is 5.69. The molecule has 7 heteroatoms. The van der Waals surface area contributed by atoms with Crippen LogP contribution < -0.4 is 20.9 Å². The summed E-state index contributed by atoms with van der Waals surface area (Å²) < 4.78 is 0. The van der Waals surface area contributed by atoms with Gasteiger partial charge in [0.2, 0.25) is 5.91 Å². The van der Waals surface area contributed by atoms with Crippen molar-refractivity contribution in [1.82, 2.24) is 16.0 Å². The summed E-state index contributed by atoms with van der Waals surface area (Å²) in [4.78, 5) is 17.9. The molecule has 0 radical (unpaired) electrons. The van der Waals surface area contributed by atoms with E-state index in [1.54, 1.807) is 7.05 Å². The molecule has 0 bridgehead atoms. The molecule has 0 spiro atoms. The minimum Gasteiger partial charge on any atom is -0.360 e. The molecule has 1 atom stereocenters. The molecule has 1 aliphatic heterocycles. The fourth-order valence-corrected chi connectivity index (χ4v) is 3.24. The number of aliphatic imine (C=N–C) groups is 1. The molecule has 156 valence electrons. The van der Waals surface area contributed by atoms with Gasteiger partial charge in [-0.05, 0) is 29.2 Å². The molecule has 1 saturated heterocycles. The van der Waals surface area contributed by atoms with Crippen molar-refractivity contribution >= 4 is 41.5 Å². The Labute approximate surface area is 190 Å². The highest BCUT2D eigenvalue weighted by Crippen LogP contribution is 2.16. The average Bonchev–Trinajstić information content (AvgIpc) is 2.74. The summed E-state index contributed by atoms with van der Waals surface area (Å²) in [7, 11) is 1.78. The fourth-order valence-electron chi connectivity index (χ4n) is 3.24. The van der Waals surface area contributed by atoms with Gasteiger partial charge >= 0.3 is 0 Å². The number of benzene rings is 2. The lowest BCUT2D eigenvalue weighted by Crippen LogP contribution is -2.47. The van der Waals surface area contributed by atoms with Crippen molar-refractivity contribution in [2.75, 3.05) is 38.1 Å². The predicted molar refractivity (Wildman–Crippen MR) is 130 cm³/mol. The smallest absolute Gasteiger partial charge is 0.239 e. The third kappa shape index (κ3) is 6.92. The highest BCUT2D eigenvalue weighted by atomic mass is 127. The van der Waals surface area contributed by atoms with Gasteiger partial charge < -0.3 is 20.9 Å². The highest BCUT2D eigenvalue weighted by molar-refractivity contribution is 14.0. The molecule has 1 fully saturated rings. The van der Waals surface area contributed by atoms with Crippen LogP contribution in [0.25, 0.3) is 0 Å². The molecule has 3 rings (SSSR count). The van der Waals surface area contributed by atoms with Crippen molar-refractivity contribution < 1.29 is 4.79 Å². The number of carbonyl (C=O) groups excluding carboxylic acids is 1. The van der Waals surface area contributed by atoms with E-state index < -0.39 is 0 Å². The quantitative estimate of drug-likeness (QED) is 0.320. The maximum atomic E-state index is 11.5. The van der Waals surface area contributed by atoms with Crippen LogP contribution in [-0.2, 0) is 11.3 Å². The van der Waals surface area contributed by atoms with Gasteiger partial charge in [-0.2, -0.15) is 0 Å². The third-order valence-electron chi connectivity index (χ3n) is 4.97. The summed E-state index contributed by atoms with van der Waals surface area (Å²) in [5.41, 5.74) is 3.56. The number of hydrogen-bond donors (Lipinski definition) is 3. The largest absolute Gasteiger partial charge is 0.360 e. The van der Waals surface area contributed by atoms with Gasteiger partial charge in [-0.15, -0.1) is 24.0 Å². The number of guanidine groups is 1. The first-order valence-electron chi connectivity index (χ1n) is 9.76. The van der Waals surface area contributed by atoms with E-state index in [2.05, 4.69) is 81.3 Å². The molecule has 1 heterocycles. The molecule has 0 aliphatic carbocycles. The molecule has 1 unspecified atom stereocenters. The van der Waals surface area contributed by atoms with E-state index in [0.717, 1.165) is 24.7 Å². The number of carbonyl (C=O) groups is 1. The van der Waals surface area contributed by atoms with E-state index in [9.17, 15) is 4.79 Å². The number of rotatable bonds is 6. The Morgan fingerprint density at radius 1 is 1.14 bits per heavy atom. The number of hydrogen-bond acceptors (Lipinski definition) is 3. The zero-order chi connectivity index (χ0) is 19.8. The summed E-state index contributed by atoms with van der Waals surface area (Å²) in [5, 5.41) is 9.60. The first-order chi connectivity index (χ1) is 13.7. The van der Waals surface area contributed by atoms with Crippen molar-refractivity contribution in [1.29, 1.82) is 0 Å². The topological polar surface area (TPSA) is 68.8 Å². The normalized spacial score (nSPS) is 15.2. The van der Waals surface area contributed by atoms with Crippen molar-refractivity contribution in [2.24, 2.45) is 4.99 Å². The number of nitrogens with zero attached hydrogens (tertiary/aromatic N) is 2. The van der Waals surface area contributed by atoms with Gasteiger partial charge in [0.05, 0.1) is 6.54 Å². The van der Waals surface area contributed by atoms with Gasteiger partial charge in [-0.1, -0.05) is 49.4 Å². The van der Waals surface area contributed by atoms with Crippen LogP contribution in [0, 0.1) is 0 Å². The Morgan fingerprint density at radius 2 is 1.86 bits per heavy atom. The SMILES string of the molecule is CN=C(NCc1ccc(N2CCNC(=O)C2)cc1)NCC(C)c1ccccc1.I. The van der Waals surface area contributed by atoms with Gasteiger partial charge in [0.15, 0.2) is 5.96 Å². The minimum absolute atomic E-state index is 0. The lowest BCUT2D eigenvalue weighted by atomic mass is 10.0. The standard InChI is InChI=1S/C22H29N5O.HI/c1-17(19-6-4-3-5-7-19)14-25-22(23-2)26-15-18-8-10-20(11-9-18)27-13-12-24-21(28)16-27;/h3-11,17H,12-16H2,1-2H3,(H,24,28)(H2,23,25,26);1H. The van der Waals surface area contributed by atoms with Crippen LogP contribution in [0.5, 0.6) is 0 Å². The van der Waals surface area contributed by atoms with Gasteiger partial charge in [-0.3, -0.25) is 9.79 Å². The second-order valence-corrected chi connectivity index (χ2v) is 7.06. The van der Waals surface area contributed by atoms with E-state index in [1.165, 1.54) is 11.1 Å². The lowest BCUT2D eigenvalue weighted by Gasteiger charge is -2.28. The van der Waals surface area contributed by atoms with Crippen LogP contribution in [0.2, 0.25) is 0 Å². The third-order valence-corrected chi connectivity index (χ3v) is 4.97. The van der Waals surface area contributed by atoms with E-state index in [0.29, 0.717) is 25.6 Å². The van der Waals surface area contributed by atoms with E-state index >= 15 is 0 Å². The van der Waals surface area contributed by atoms with Crippen LogP contribution in [0.3, 0.4) is 0 Å². The maximum absolute atomic E-state index is 11.5. The van der Waals surface area contributed by atoms with Crippen LogP contribution in [-0.4, -0.2) is 45.1 Å². The summed E-state index contributed by atoms with van der Waals surface area (Å²) in [6, 6.07) is 18.8. The Morgan fingerprint density at radius 3 is 2.52 bits per heavy atom. The first-order valence-corrected chi connectivity index (χ1v) is 9.76. The van der Waals surface area contributed by atoms with Crippen molar-refractivity contribution in [3.63, 3.8) is 0 Å². The monoisotopic (exact) mass is 507 g/mol. The Hall–Kier alpha value is -2.29. The average molecular weight is 507 g/mol. The zero-order valence-electron chi connectivity index (χ0n) is 17.0. The maximum Gasteiger partial charge on any atom is 0.239 e. The number of anilines is 1. The molecular weight excluding hydrogens is 477 g/mol. The molecule has 2 aromatic rings. The summed E-state index contributed by atoms with van der Waals surface area (Å²) in [5.74, 6) is 1.27. The predicted octanol–water partition coefficient (Wildman–Crippen LogP) is 2.71. The molecule has 3 N–H and O–H groups in total. The number of nitrogens with one attached hydrogen (secondary N) is 3. The zero-order valence-corrected chi connectivity index (χ0v) is 19.4. The van der Waals surface area contributed by atoms with E-state index in [-0.39, 0.29) is 29.9 Å². The molecule has 1 aliphatic rings. The summed E-state index contributed by atoms with van der Waals surface area (Å²) in [6.07, 6.45) is 0. The molecule has 0 saturated carbocycles. The van der Waals surface area contributed by atoms with Crippen LogP contribution in [0.1, 0.15) is 24.0 Å². The molecule has 6 nitrogen and oxygen atoms in total. The van der Waals surface area contributed by atoms with Crippen molar-refractivity contribution in [2.45, 2.75) is 19.4 Å². The van der Waals surface area contributed by atoms with E-state index in [4.69, 9.17) is 0 Å². The molecule has 2 aromatic carbocycles. The number of piperazine rings is 1. The Balaban J connectivity index is 0.00000300. The van der Waals surface area contributed by atoms with Crippen molar-refractivity contribution in [3.05, 3.63) is 65.7 Å². The Bertz CT molecular complexity index is 795. The number of amides is 1. The molecule has 0 aromatic heterocycles. The van der Waals surface area contributed by atoms with Gasteiger partial charge in [0, 0.05) is 38.9 Å². The lowest BCUT2D eigenvalue weighted by molar-refractivity contribution is -0.120. The van der Waals surface area contributed by atoms with Crippen LogP contribution in [0.4, 0.5) is 5.69 Å². The fraction of sp³-hybridized carbons (Fsp3) is 0.364.